The molecule has 98 valence electrons. The predicted molar refractivity (Wildman–Crippen MR) is 68.6 cm³/mol. The zero-order valence-electron chi connectivity index (χ0n) is 10.6. The Morgan fingerprint density at radius 2 is 2.12 bits per heavy atom. The summed E-state index contributed by atoms with van der Waals surface area (Å²) in [5.74, 6) is 0.370. The first kappa shape index (κ1) is 12.8. The SMILES string of the molecule is N[C@@H]1CCC[C@H](C(=O)NC[C@H]2CCCCN2)C1. The number of hydrogen-bond acceptors (Lipinski definition) is 3. The molecule has 3 atom stereocenters. The van der Waals surface area contributed by atoms with Crippen molar-refractivity contribution < 1.29 is 4.79 Å². The van der Waals surface area contributed by atoms with Gasteiger partial charge in [-0.1, -0.05) is 12.8 Å². The third-order valence-electron chi connectivity index (χ3n) is 4.02. The second-order valence-electron chi connectivity index (χ2n) is 5.52. The van der Waals surface area contributed by atoms with Crippen molar-refractivity contribution in [2.24, 2.45) is 11.7 Å². The minimum Gasteiger partial charge on any atom is -0.354 e. The van der Waals surface area contributed by atoms with Crippen molar-refractivity contribution in [3.8, 4) is 0 Å². The summed E-state index contributed by atoms with van der Waals surface area (Å²) < 4.78 is 0. The zero-order valence-corrected chi connectivity index (χ0v) is 10.6. The van der Waals surface area contributed by atoms with Gasteiger partial charge in [-0.2, -0.15) is 0 Å². The molecule has 17 heavy (non-hydrogen) atoms. The molecular weight excluding hydrogens is 214 g/mol. The van der Waals surface area contributed by atoms with E-state index >= 15 is 0 Å². The van der Waals surface area contributed by atoms with Crippen molar-refractivity contribution in [3.05, 3.63) is 0 Å². The average molecular weight is 239 g/mol. The quantitative estimate of drug-likeness (QED) is 0.681. The van der Waals surface area contributed by atoms with Crippen molar-refractivity contribution in [1.82, 2.24) is 10.6 Å². The summed E-state index contributed by atoms with van der Waals surface area (Å²) in [6.45, 7) is 1.87. The summed E-state index contributed by atoms with van der Waals surface area (Å²) in [6.07, 6.45) is 7.78. The number of amides is 1. The van der Waals surface area contributed by atoms with Crippen LogP contribution >= 0.6 is 0 Å². The average Bonchev–Trinajstić information content (AvgIpc) is 2.37. The smallest absolute Gasteiger partial charge is 0.223 e. The highest BCUT2D eigenvalue weighted by Gasteiger charge is 2.25. The van der Waals surface area contributed by atoms with Gasteiger partial charge >= 0.3 is 0 Å². The Labute approximate surface area is 104 Å². The maximum atomic E-state index is 12.0. The third-order valence-corrected chi connectivity index (χ3v) is 4.02. The van der Waals surface area contributed by atoms with E-state index in [1.165, 1.54) is 19.3 Å². The van der Waals surface area contributed by atoms with E-state index in [2.05, 4.69) is 10.6 Å². The monoisotopic (exact) mass is 239 g/mol. The van der Waals surface area contributed by atoms with Gasteiger partial charge in [-0.15, -0.1) is 0 Å². The molecule has 4 nitrogen and oxygen atoms in total. The van der Waals surface area contributed by atoms with Gasteiger partial charge in [-0.3, -0.25) is 4.79 Å². The molecule has 1 heterocycles. The maximum absolute atomic E-state index is 12.0. The number of hydrogen-bond donors (Lipinski definition) is 3. The van der Waals surface area contributed by atoms with Gasteiger partial charge in [0.25, 0.3) is 0 Å². The van der Waals surface area contributed by atoms with Gasteiger partial charge in [0.2, 0.25) is 5.91 Å². The number of carbonyl (C=O) groups is 1. The van der Waals surface area contributed by atoms with Gasteiger partial charge in [0, 0.05) is 24.5 Å². The van der Waals surface area contributed by atoms with Gasteiger partial charge in [-0.05, 0) is 38.6 Å². The lowest BCUT2D eigenvalue weighted by molar-refractivity contribution is -0.126. The molecule has 1 saturated carbocycles. The molecule has 0 spiro atoms. The Morgan fingerprint density at radius 3 is 2.82 bits per heavy atom. The molecule has 4 heteroatoms. The van der Waals surface area contributed by atoms with Crippen molar-refractivity contribution in [1.29, 1.82) is 0 Å². The lowest BCUT2D eigenvalue weighted by Gasteiger charge is -2.28. The van der Waals surface area contributed by atoms with E-state index in [4.69, 9.17) is 5.73 Å². The molecule has 4 N–H and O–H groups in total. The van der Waals surface area contributed by atoms with Crippen LogP contribution in [0.5, 0.6) is 0 Å². The Bertz CT molecular complexity index is 251. The number of piperidine rings is 1. The third kappa shape index (κ3) is 3.96. The fourth-order valence-corrected chi connectivity index (χ4v) is 2.93. The van der Waals surface area contributed by atoms with Crippen molar-refractivity contribution >= 4 is 5.91 Å². The molecule has 1 saturated heterocycles. The summed E-state index contributed by atoms with van der Waals surface area (Å²) in [5, 5.41) is 6.53. The maximum Gasteiger partial charge on any atom is 0.223 e. The Kier molecular flexibility index (Phi) is 4.80. The first-order valence-electron chi connectivity index (χ1n) is 7.02. The van der Waals surface area contributed by atoms with Crippen molar-refractivity contribution in [3.63, 3.8) is 0 Å². The summed E-state index contributed by atoms with van der Waals surface area (Å²) in [5.41, 5.74) is 5.91. The normalized spacial score (nSPS) is 34.3. The van der Waals surface area contributed by atoms with E-state index < -0.39 is 0 Å². The molecule has 0 unspecified atom stereocenters. The van der Waals surface area contributed by atoms with Crippen LogP contribution in [0.15, 0.2) is 0 Å². The Hall–Kier alpha value is -0.610. The predicted octanol–water partition coefficient (Wildman–Crippen LogP) is 0.762. The minimum absolute atomic E-state index is 0.155. The van der Waals surface area contributed by atoms with E-state index in [0.717, 1.165) is 38.8 Å². The van der Waals surface area contributed by atoms with Gasteiger partial charge in [0.1, 0.15) is 0 Å². The van der Waals surface area contributed by atoms with Gasteiger partial charge < -0.3 is 16.4 Å². The number of nitrogens with two attached hydrogens (primary N) is 1. The molecule has 1 aliphatic heterocycles. The van der Waals surface area contributed by atoms with E-state index in [0.29, 0.717) is 6.04 Å². The molecule has 2 fully saturated rings. The van der Waals surface area contributed by atoms with Crippen LogP contribution in [0.3, 0.4) is 0 Å². The molecular formula is C13H25N3O. The molecule has 1 aliphatic carbocycles. The minimum atomic E-state index is 0.155. The standard InChI is InChI=1S/C13H25N3O/c14-11-5-3-4-10(8-11)13(17)16-9-12-6-1-2-7-15-12/h10-12,15H,1-9,14H2,(H,16,17)/t10-,11+,12+/m0/s1. The highest BCUT2D eigenvalue weighted by atomic mass is 16.1. The summed E-state index contributed by atoms with van der Waals surface area (Å²) in [6, 6.07) is 0.706. The van der Waals surface area contributed by atoms with Gasteiger partial charge in [0.15, 0.2) is 0 Å². The van der Waals surface area contributed by atoms with Crippen LogP contribution in [0.2, 0.25) is 0 Å². The highest BCUT2D eigenvalue weighted by Crippen LogP contribution is 2.23. The summed E-state index contributed by atoms with van der Waals surface area (Å²) in [7, 11) is 0. The Morgan fingerprint density at radius 1 is 1.24 bits per heavy atom. The van der Waals surface area contributed by atoms with Crippen LogP contribution in [0, 0.1) is 5.92 Å². The fourth-order valence-electron chi connectivity index (χ4n) is 2.93. The number of rotatable bonds is 3. The van der Waals surface area contributed by atoms with Crippen LogP contribution in [0.1, 0.15) is 44.9 Å². The van der Waals surface area contributed by atoms with Crippen LogP contribution in [0.25, 0.3) is 0 Å². The Balaban J connectivity index is 1.69. The lowest BCUT2D eigenvalue weighted by Crippen LogP contribution is -2.46. The first-order chi connectivity index (χ1) is 8.25. The molecule has 0 aromatic carbocycles. The molecule has 0 bridgehead atoms. The molecule has 0 aromatic heterocycles. The zero-order chi connectivity index (χ0) is 12.1. The molecule has 2 rings (SSSR count). The van der Waals surface area contributed by atoms with Crippen LogP contribution in [0.4, 0.5) is 0 Å². The van der Waals surface area contributed by atoms with E-state index in [1.54, 1.807) is 0 Å². The number of carbonyl (C=O) groups excluding carboxylic acids is 1. The van der Waals surface area contributed by atoms with E-state index in [9.17, 15) is 4.79 Å². The lowest BCUT2D eigenvalue weighted by atomic mass is 9.85. The molecule has 0 radical (unpaired) electrons. The van der Waals surface area contributed by atoms with Crippen molar-refractivity contribution in [2.45, 2.75) is 57.0 Å². The van der Waals surface area contributed by atoms with Gasteiger partial charge in [0.05, 0.1) is 0 Å². The molecule has 2 aliphatic rings. The first-order valence-corrected chi connectivity index (χ1v) is 7.02. The highest BCUT2D eigenvalue weighted by molar-refractivity contribution is 5.78. The summed E-state index contributed by atoms with van der Waals surface area (Å²) >= 11 is 0. The van der Waals surface area contributed by atoms with E-state index in [-0.39, 0.29) is 17.9 Å². The molecule has 1 amide bonds. The summed E-state index contributed by atoms with van der Waals surface area (Å²) in [4.78, 5) is 12.0. The van der Waals surface area contributed by atoms with E-state index in [1.807, 2.05) is 0 Å². The fraction of sp³-hybridized carbons (Fsp3) is 0.923. The second-order valence-corrected chi connectivity index (χ2v) is 5.52. The van der Waals surface area contributed by atoms with Crippen molar-refractivity contribution in [2.75, 3.05) is 13.1 Å². The second kappa shape index (κ2) is 6.36. The molecule has 0 aromatic rings. The largest absolute Gasteiger partial charge is 0.354 e. The number of nitrogens with one attached hydrogen (secondary N) is 2. The topological polar surface area (TPSA) is 67.2 Å². The van der Waals surface area contributed by atoms with Gasteiger partial charge in [-0.25, -0.2) is 0 Å². The van der Waals surface area contributed by atoms with Crippen LogP contribution in [-0.2, 0) is 4.79 Å². The van der Waals surface area contributed by atoms with Crippen LogP contribution < -0.4 is 16.4 Å². The van der Waals surface area contributed by atoms with Crippen LogP contribution in [-0.4, -0.2) is 31.1 Å².